The average molecular weight is 417 g/mol. The Balaban J connectivity index is 0.00000300. The van der Waals surface area contributed by atoms with Crippen LogP contribution < -0.4 is 5.32 Å². The van der Waals surface area contributed by atoms with Crippen LogP contribution in [0.1, 0.15) is 18.4 Å². The molecule has 6 nitrogen and oxygen atoms in total. The Morgan fingerprint density at radius 3 is 2.48 bits per heavy atom. The fourth-order valence-corrected chi connectivity index (χ4v) is 3.20. The molecule has 1 heterocycles. The molecule has 1 aliphatic heterocycles. The van der Waals surface area contributed by atoms with Crippen LogP contribution >= 0.6 is 12.4 Å². The maximum atomic E-state index is 12.5. The third kappa shape index (κ3) is 6.62. The Morgan fingerprint density at radius 2 is 1.83 bits per heavy atom. The highest BCUT2D eigenvalue weighted by atomic mass is 35.5. The number of likely N-dealkylation sites (tertiary alicyclic amines) is 1. The zero-order chi connectivity index (χ0) is 19.9. The van der Waals surface area contributed by atoms with Crippen molar-refractivity contribution in [3.8, 4) is 11.1 Å². The minimum atomic E-state index is -1.02. The highest BCUT2D eigenvalue weighted by Crippen LogP contribution is 2.30. The van der Waals surface area contributed by atoms with Gasteiger partial charge in [0.2, 0.25) is 0 Å². The number of carboxylic acid groups (broad SMARTS) is 1. The largest absolute Gasteiger partial charge is 0.478 e. The molecule has 0 radical (unpaired) electrons. The number of aliphatic carboxylic acids is 1. The van der Waals surface area contributed by atoms with E-state index in [1.54, 1.807) is 6.07 Å². The van der Waals surface area contributed by atoms with Crippen LogP contribution in [0.4, 0.5) is 10.5 Å². The normalized spacial score (nSPS) is 14.9. The zero-order valence-electron chi connectivity index (χ0n) is 16.2. The van der Waals surface area contributed by atoms with Gasteiger partial charge in [-0.2, -0.15) is 0 Å². The van der Waals surface area contributed by atoms with Gasteiger partial charge in [-0.25, -0.2) is 9.59 Å². The lowest BCUT2D eigenvalue weighted by molar-refractivity contribution is -0.131. The number of amides is 1. The molecule has 29 heavy (non-hydrogen) atoms. The summed E-state index contributed by atoms with van der Waals surface area (Å²) in [6.45, 7) is 1.81. The van der Waals surface area contributed by atoms with E-state index in [9.17, 15) is 9.59 Å². The van der Waals surface area contributed by atoms with Crippen molar-refractivity contribution in [2.24, 2.45) is 0 Å². The number of nitrogens with zero attached hydrogens (tertiary/aromatic N) is 1. The molecule has 0 spiro atoms. The lowest BCUT2D eigenvalue weighted by Gasteiger charge is -2.28. The van der Waals surface area contributed by atoms with Crippen LogP contribution in [0.2, 0.25) is 0 Å². The molecule has 0 aliphatic carbocycles. The van der Waals surface area contributed by atoms with Crippen LogP contribution in [-0.4, -0.2) is 48.3 Å². The summed E-state index contributed by atoms with van der Waals surface area (Å²) in [5.41, 5.74) is 3.05. The van der Waals surface area contributed by atoms with Gasteiger partial charge in [-0.1, -0.05) is 42.5 Å². The molecule has 3 rings (SSSR count). The monoisotopic (exact) mass is 416 g/mol. The number of hydrogen-bond acceptors (Lipinski definition) is 4. The minimum absolute atomic E-state index is 0. The highest BCUT2D eigenvalue weighted by molar-refractivity contribution is 5.93. The van der Waals surface area contributed by atoms with Crippen LogP contribution in [0.15, 0.2) is 54.6 Å². The molecule has 2 aromatic rings. The smallest absolute Gasteiger partial charge is 0.411 e. The van der Waals surface area contributed by atoms with Gasteiger partial charge >= 0.3 is 12.1 Å². The molecule has 0 aromatic heterocycles. The lowest BCUT2D eigenvalue weighted by atomic mass is 10.0. The number of anilines is 1. The van der Waals surface area contributed by atoms with Crippen molar-refractivity contribution in [1.82, 2.24) is 4.90 Å². The molecule has 1 aliphatic rings. The molecule has 1 saturated heterocycles. The van der Waals surface area contributed by atoms with Crippen molar-refractivity contribution in [1.29, 1.82) is 0 Å². The fourth-order valence-electron chi connectivity index (χ4n) is 3.20. The molecule has 2 N–H and O–H groups in total. The predicted molar refractivity (Wildman–Crippen MR) is 116 cm³/mol. The van der Waals surface area contributed by atoms with E-state index in [-0.39, 0.29) is 18.5 Å². The van der Waals surface area contributed by atoms with Gasteiger partial charge in [0.25, 0.3) is 0 Å². The number of piperidine rings is 1. The van der Waals surface area contributed by atoms with Crippen molar-refractivity contribution >= 4 is 36.2 Å². The summed E-state index contributed by atoms with van der Waals surface area (Å²) < 4.78 is 5.58. The van der Waals surface area contributed by atoms with E-state index < -0.39 is 12.1 Å². The number of halogens is 1. The number of carboxylic acids is 1. The van der Waals surface area contributed by atoms with Gasteiger partial charge in [0.05, 0.1) is 5.69 Å². The molecular formula is C22H25ClN2O4. The Labute approximate surface area is 176 Å². The molecular weight excluding hydrogens is 392 g/mol. The van der Waals surface area contributed by atoms with Gasteiger partial charge < -0.3 is 14.7 Å². The van der Waals surface area contributed by atoms with Crippen molar-refractivity contribution in [2.75, 3.05) is 25.5 Å². The maximum Gasteiger partial charge on any atom is 0.411 e. The fraction of sp³-hybridized carbons (Fsp3) is 0.273. The van der Waals surface area contributed by atoms with E-state index in [1.807, 2.05) is 42.5 Å². The van der Waals surface area contributed by atoms with E-state index in [0.717, 1.165) is 43.1 Å². The molecule has 7 heteroatoms. The molecule has 0 unspecified atom stereocenters. The summed E-state index contributed by atoms with van der Waals surface area (Å²) in [7, 11) is 2.05. The van der Waals surface area contributed by atoms with Gasteiger partial charge in [0.15, 0.2) is 0 Å². The van der Waals surface area contributed by atoms with Crippen LogP contribution in [0.5, 0.6) is 0 Å². The number of carbonyl (C=O) groups is 2. The Morgan fingerprint density at radius 1 is 1.14 bits per heavy atom. The van der Waals surface area contributed by atoms with Crippen LogP contribution in [0, 0.1) is 0 Å². The summed E-state index contributed by atoms with van der Waals surface area (Å²) in [4.78, 5) is 25.5. The summed E-state index contributed by atoms with van der Waals surface area (Å²) in [6, 6.07) is 15.1. The molecule has 154 valence electrons. The molecule has 2 aromatic carbocycles. The molecule has 1 amide bonds. The molecule has 0 bridgehead atoms. The van der Waals surface area contributed by atoms with Crippen molar-refractivity contribution in [2.45, 2.75) is 18.9 Å². The van der Waals surface area contributed by atoms with Crippen molar-refractivity contribution < 1.29 is 19.4 Å². The van der Waals surface area contributed by atoms with Gasteiger partial charge in [-0.05, 0) is 43.2 Å². The summed E-state index contributed by atoms with van der Waals surface area (Å²) >= 11 is 0. The Kier molecular flexibility index (Phi) is 8.24. The van der Waals surface area contributed by atoms with Crippen LogP contribution in [0.3, 0.4) is 0 Å². The number of nitrogens with one attached hydrogen (secondary N) is 1. The zero-order valence-corrected chi connectivity index (χ0v) is 17.0. The van der Waals surface area contributed by atoms with Gasteiger partial charge in [-0.3, -0.25) is 5.32 Å². The molecule has 0 saturated carbocycles. The number of rotatable bonds is 5. The number of carbonyl (C=O) groups excluding carboxylic acids is 1. The van der Waals surface area contributed by atoms with Crippen LogP contribution in [0.25, 0.3) is 17.2 Å². The summed E-state index contributed by atoms with van der Waals surface area (Å²) in [5.74, 6) is -1.02. The quantitative estimate of drug-likeness (QED) is 0.701. The summed E-state index contributed by atoms with van der Waals surface area (Å²) in [5, 5.41) is 11.7. The number of hydrogen-bond donors (Lipinski definition) is 2. The van der Waals surface area contributed by atoms with Crippen molar-refractivity contribution in [3.63, 3.8) is 0 Å². The van der Waals surface area contributed by atoms with Gasteiger partial charge in [0, 0.05) is 24.7 Å². The second-order valence-electron chi connectivity index (χ2n) is 6.88. The first-order chi connectivity index (χ1) is 13.5. The van der Waals surface area contributed by atoms with E-state index >= 15 is 0 Å². The topological polar surface area (TPSA) is 78.9 Å². The van der Waals surface area contributed by atoms with E-state index in [1.165, 1.54) is 6.08 Å². The third-order valence-corrected chi connectivity index (χ3v) is 4.72. The summed E-state index contributed by atoms with van der Waals surface area (Å²) in [6.07, 6.45) is 3.61. The Bertz CT molecular complexity index is 862. The highest BCUT2D eigenvalue weighted by Gasteiger charge is 2.21. The maximum absolute atomic E-state index is 12.5. The first-order valence-electron chi connectivity index (χ1n) is 9.28. The first kappa shape index (κ1) is 22.5. The van der Waals surface area contributed by atoms with E-state index in [2.05, 4.69) is 17.3 Å². The SMILES string of the molecule is CN1CCC(OC(=O)Nc2cc(C=CC(=O)O)ccc2-c2ccccc2)CC1.Cl. The second kappa shape index (κ2) is 10.6. The second-order valence-corrected chi connectivity index (χ2v) is 6.88. The van der Waals surface area contributed by atoms with Gasteiger partial charge in [-0.15, -0.1) is 12.4 Å². The molecule has 1 fully saturated rings. The molecule has 0 atom stereocenters. The van der Waals surface area contributed by atoms with Crippen molar-refractivity contribution in [3.05, 3.63) is 60.2 Å². The predicted octanol–water partition coefficient (Wildman–Crippen LogP) is 4.52. The van der Waals surface area contributed by atoms with Gasteiger partial charge in [0.1, 0.15) is 6.10 Å². The third-order valence-electron chi connectivity index (χ3n) is 4.72. The standard InChI is InChI=1S/C22H24N2O4.ClH/c1-24-13-11-18(12-14-24)28-22(27)23-20-15-16(8-10-21(25)26)7-9-19(20)17-5-3-2-4-6-17;/h2-10,15,18H,11-14H2,1H3,(H,23,27)(H,25,26);1H. The lowest BCUT2D eigenvalue weighted by Crippen LogP contribution is -2.36. The minimum Gasteiger partial charge on any atom is -0.478 e. The average Bonchev–Trinajstić information content (AvgIpc) is 2.69. The van der Waals surface area contributed by atoms with Crippen LogP contribution in [-0.2, 0) is 9.53 Å². The Hall–Kier alpha value is -2.83. The number of ether oxygens (including phenoxy) is 1. The van der Waals surface area contributed by atoms with E-state index in [0.29, 0.717) is 11.3 Å². The van der Waals surface area contributed by atoms with E-state index in [4.69, 9.17) is 9.84 Å². The number of benzene rings is 2. The first-order valence-corrected chi connectivity index (χ1v) is 9.28.